The normalized spacial score (nSPS) is 21.9. The lowest BCUT2D eigenvalue weighted by molar-refractivity contribution is 0.0695. The van der Waals surface area contributed by atoms with Crippen molar-refractivity contribution in [2.75, 3.05) is 13.2 Å². The summed E-state index contributed by atoms with van der Waals surface area (Å²) in [6.45, 7) is 1.21. The molecule has 0 amide bonds. The van der Waals surface area contributed by atoms with Gasteiger partial charge in [-0.2, -0.15) is 0 Å². The first-order valence-corrected chi connectivity index (χ1v) is 5.27. The fourth-order valence-electron chi connectivity index (χ4n) is 1.93. The van der Waals surface area contributed by atoms with Crippen molar-refractivity contribution in [3.05, 3.63) is 35.4 Å². The minimum absolute atomic E-state index is 0.0732. The number of carboxylic acid groups (broad SMARTS) is 1. The second-order valence-corrected chi connectivity index (χ2v) is 4.00. The van der Waals surface area contributed by atoms with Crippen molar-refractivity contribution in [3.63, 3.8) is 0 Å². The van der Waals surface area contributed by atoms with Crippen molar-refractivity contribution >= 4 is 5.97 Å². The van der Waals surface area contributed by atoms with Gasteiger partial charge in [-0.1, -0.05) is 12.1 Å². The van der Waals surface area contributed by atoms with Crippen LogP contribution in [-0.4, -0.2) is 29.4 Å². The Morgan fingerprint density at radius 1 is 1.50 bits per heavy atom. The van der Waals surface area contributed by atoms with E-state index in [0.29, 0.717) is 18.8 Å². The molecule has 1 aromatic carbocycles. The molecular formula is C12H14O4. The van der Waals surface area contributed by atoms with Gasteiger partial charge in [0.2, 0.25) is 0 Å². The number of aromatic carboxylic acids is 1. The predicted octanol–water partition coefficient (Wildman–Crippen LogP) is 1.45. The van der Waals surface area contributed by atoms with E-state index in [0.717, 1.165) is 6.42 Å². The van der Waals surface area contributed by atoms with Crippen molar-refractivity contribution in [1.29, 1.82) is 0 Å². The number of carboxylic acids is 1. The summed E-state index contributed by atoms with van der Waals surface area (Å²) >= 11 is 0. The van der Waals surface area contributed by atoms with Crippen LogP contribution in [0.25, 0.3) is 0 Å². The number of carbonyl (C=O) groups is 1. The summed E-state index contributed by atoms with van der Waals surface area (Å²) in [6, 6.07) is 6.43. The van der Waals surface area contributed by atoms with Crippen LogP contribution in [0.15, 0.2) is 24.3 Å². The van der Waals surface area contributed by atoms with Crippen LogP contribution in [-0.2, 0) is 4.74 Å². The molecule has 0 radical (unpaired) electrons. The van der Waals surface area contributed by atoms with E-state index in [9.17, 15) is 9.90 Å². The van der Waals surface area contributed by atoms with Crippen molar-refractivity contribution in [3.8, 4) is 0 Å². The molecule has 16 heavy (non-hydrogen) atoms. The van der Waals surface area contributed by atoms with Crippen LogP contribution in [0, 0.1) is 5.92 Å². The molecule has 0 spiro atoms. The second kappa shape index (κ2) is 4.63. The maximum atomic E-state index is 10.8. The van der Waals surface area contributed by atoms with Gasteiger partial charge in [-0.15, -0.1) is 0 Å². The number of hydrogen-bond acceptors (Lipinski definition) is 3. The molecule has 0 bridgehead atoms. The zero-order valence-electron chi connectivity index (χ0n) is 8.80. The second-order valence-electron chi connectivity index (χ2n) is 4.00. The van der Waals surface area contributed by atoms with Gasteiger partial charge in [0.25, 0.3) is 0 Å². The van der Waals surface area contributed by atoms with Crippen LogP contribution in [0.5, 0.6) is 0 Å². The maximum Gasteiger partial charge on any atom is 0.335 e. The monoisotopic (exact) mass is 222 g/mol. The summed E-state index contributed by atoms with van der Waals surface area (Å²) in [5.74, 6) is -0.902. The quantitative estimate of drug-likeness (QED) is 0.812. The standard InChI is InChI=1S/C12H14O4/c13-11(10-4-5-16-7-10)8-2-1-3-9(6-8)12(14)15/h1-3,6,10-11,13H,4-5,7H2,(H,14,15). The molecule has 1 aliphatic heterocycles. The minimum Gasteiger partial charge on any atom is -0.478 e. The lowest BCUT2D eigenvalue weighted by Crippen LogP contribution is -2.13. The molecule has 0 aliphatic carbocycles. The van der Waals surface area contributed by atoms with E-state index >= 15 is 0 Å². The Kier molecular flexibility index (Phi) is 3.22. The summed E-state index contributed by atoms with van der Waals surface area (Å²) in [5.41, 5.74) is 0.853. The zero-order valence-corrected chi connectivity index (χ0v) is 8.80. The van der Waals surface area contributed by atoms with E-state index in [1.807, 2.05) is 0 Å². The molecule has 4 heteroatoms. The Labute approximate surface area is 93.5 Å². The molecule has 0 aromatic heterocycles. The molecule has 1 aromatic rings. The number of rotatable bonds is 3. The number of aliphatic hydroxyl groups excluding tert-OH is 1. The van der Waals surface area contributed by atoms with Gasteiger partial charge >= 0.3 is 5.97 Å². The molecule has 2 unspecified atom stereocenters. The molecule has 86 valence electrons. The molecule has 4 nitrogen and oxygen atoms in total. The van der Waals surface area contributed by atoms with Crippen molar-refractivity contribution in [2.45, 2.75) is 12.5 Å². The first-order chi connectivity index (χ1) is 7.68. The minimum atomic E-state index is -0.975. The number of benzene rings is 1. The molecular weight excluding hydrogens is 208 g/mol. The average molecular weight is 222 g/mol. The highest BCUT2D eigenvalue weighted by molar-refractivity contribution is 5.87. The number of ether oxygens (including phenoxy) is 1. The van der Waals surface area contributed by atoms with E-state index in [4.69, 9.17) is 9.84 Å². The maximum absolute atomic E-state index is 10.8. The highest BCUT2D eigenvalue weighted by atomic mass is 16.5. The van der Waals surface area contributed by atoms with Crippen LogP contribution >= 0.6 is 0 Å². The highest BCUT2D eigenvalue weighted by Gasteiger charge is 2.25. The van der Waals surface area contributed by atoms with Crippen LogP contribution in [0.3, 0.4) is 0 Å². The van der Waals surface area contributed by atoms with E-state index in [-0.39, 0.29) is 11.5 Å². The van der Waals surface area contributed by atoms with Gasteiger partial charge in [-0.25, -0.2) is 4.79 Å². The van der Waals surface area contributed by atoms with Crippen molar-refractivity contribution in [1.82, 2.24) is 0 Å². The Balaban J connectivity index is 2.18. The first kappa shape index (κ1) is 11.1. The Morgan fingerprint density at radius 3 is 2.94 bits per heavy atom. The van der Waals surface area contributed by atoms with E-state index in [1.54, 1.807) is 12.1 Å². The number of aliphatic hydroxyl groups is 1. The molecule has 1 heterocycles. The van der Waals surface area contributed by atoms with Gasteiger partial charge in [0, 0.05) is 12.5 Å². The topological polar surface area (TPSA) is 66.8 Å². The lowest BCUT2D eigenvalue weighted by atomic mass is 9.94. The third kappa shape index (κ3) is 2.23. The Morgan fingerprint density at radius 2 is 2.31 bits per heavy atom. The van der Waals surface area contributed by atoms with Gasteiger partial charge in [-0.3, -0.25) is 0 Å². The molecule has 2 rings (SSSR count). The molecule has 1 aliphatic rings. The SMILES string of the molecule is O=C(O)c1cccc(C(O)C2CCOC2)c1. The van der Waals surface area contributed by atoms with Gasteiger partial charge < -0.3 is 14.9 Å². The van der Waals surface area contributed by atoms with Crippen LogP contribution < -0.4 is 0 Å². The molecule has 0 saturated carbocycles. The summed E-state index contributed by atoms with van der Waals surface area (Å²) in [5, 5.41) is 18.9. The predicted molar refractivity (Wildman–Crippen MR) is 57.3 cm³/mol. The van der Waals surface area contributed by atoms with Crippen molar-refractivity contribution in [2.24, 2.45) is 5.92 Å². The van der Waals surface area contributed by atoms with Crippen LogP contribution in [0.2, 0.25) is 0 Å². The van der Waals surface area contributed by atoms with E-state index in [1.165, 1.54) is 12.1 Å². The van der Waals surface area contributed by atoms with E-state index in [2.05, 4.69) is 0 Å². The van der Waals surface area contributed by atoms with Gasteiger partial charge in [-0.05, 0) is 24.1 Å². The van der Waals surface area contributed by atoms with Gasteiger partial charge in [0.15, 0.2) is 0 Å². The molecule has 1 saturated heterocycles. The molecule has 2 atom stereocenters. The first-order valence-electron chi connectivity index (χ1n) is 5.27. The summed E-state index contributed by atoms with van der Waals surface area (Å²) in [4.78, 5) is 10.8. The summed E-state index contributed by atoms with van der Waals surface area (Å²) in [7, 11) is 0. The zero-order chi connectivity index (χ0) is 11.5. The Bertz CT molecular complexity index is 382. The van der Waals surface area contributed by atoms with Gasteiger partial charge in [0.05, 0.1) is 18.3 Å². The number of hydrogen-bond donors (Lipinski definition) is 2. The fraction of sp³-hybridized carbons (Fsp3) is 0.417. The summed E-state index contributed by atoms with van der Waals surface area (Å²) in [6.07, 6.45) is 0.181. The smallest absolute Gasteiger partial charge is 0.335 e. The molecule has 1 fully saturated rings. The van der Waals surface area contributed by atoms with Gasteiger partial charge in [0.1, 0.15) is 0 Å². The largest absolute Gasteiger partial charge is 0.478 e. The Hall–Kier alpha value is -1.39. The summed E-state index contributed by atoms with van der Waals surface area (Å²) < 4.78 is 5.20. The average Bonchev–Trinajstić information content (AvgIpc) is 2.81. The van der Waals surface area contributed by atoms with Crippen LogP contribution in [0.1, 0.15) is 28.4 Å². The third-order valence-corrected chi connectivity index (χ3v) is 2.89. The molecule has 2 N–H and O–H groups in total. The van der Waals surface area contributed by atoms with Crippen molar-refractivity contribution < 1.29 is 19.7 Å². The fourth-order valence-corrected chi connectivity index (χ4v) is 1.93. The lowest BCUT2D eigenvalue weighted by Gasteiger charge is -2.16. The highest BCUT2D eigenvalue weighted by Crippen LogP contribution is 2.28. The van der Waals surface area contributed by atoms with Crippen LogP contribution in [0.4, 0.5) is 0 Å². The third-order valence-electron chi connectivity index (χ3n) is 2.89. The van der Waals surface area contributed by atoms with E-state index < -0.39 is 12.1 Å².